The fraction of sp³-hybridized carbons (Fsp3) is 0.350. The van der Waals surface area contributed by atoms with Crippen LogP contribution in [-0.4, -0.2) is 45.4 Å². The molecule has 1 aromatic heterocycles. The molecule has 3 heterocycles. The fourth-order valence-corrected chi connectivity index (χ4v) is 3.89. The molecule has 1 saturated heterocycles. The molecule has 0 aliphatic carbocycles. The van der Waals surface area contributed by atoms with Gasteiger partial charge in [-0.25, -0.2) is 17.6 Å². The lowest BCUT2D eigenvalue weighted by Gasteiger charge is -2.34. The van der Waals surface area contributed by atoms with Gasteiger partial charge in [-0.15, -0.1) is 0 Å². The van der Waals surface area contributed by atoms with Crippen molar-refractivity contribution in [3.8, 4) is 5.75 Å². The van der Waals surface area contributed by atoms with E-state index in [1.807, 2.05) is 0 Å². The van der Waals surface area contributed by atoms with Crippen LogP contribution in [0.3, 0.4) is 0 Å². The van der Waals surface area contributed by atoms with Crippen molar-refractivity contribution in [1.29, 1.82) is 0 Å². The number of hydrogen-bond donors (Lipinski definition) is 2. The van der Waals surface area contributed by atoms with Gasteiger partial charge in [-0.3, -0.25) is 14.4 Å². The molecule has 2 bridgehead atoms. The van der Waals surface area contributed by atoms with E-state index in [1.165, 1.54) is 0 Å². The third kappa shape index (κ3) is 3.75. The second-order valence-electron chi connectivity index (χ2n) is 7.61. The predicted octanol–water partition coefficient (Wildman–Crippen LogP) is 2.19. The number of nitrogens with one attached hydrogen (secondary N) is 1. The maximum Gasteiger partial charge on any atom is 0.274 e. The molecule has 11 heteroatoms. The van der Waals surface area contributed by atoms with Gasteiger partial charge in [0.15, 0.2) is 11.4 Å². The Morgan fingerprint density at radius 2 is 2.00 bits per heavy atom. The number of benzene rings is 1. The Morgan fingerprint density at radius 1 is 1.26 bits per heavy atom. The maximum atomic E-state index is 14.1. The van der Waals surface area contributed by atoms with Gasteiger partial charge < -0.3 is 19.9 Å². The molecule has 2 aliphatic heterocycles. The summed E-state index contributed by atoms with van der Waals surface area (Å²) in [6.07, 6.45) is -0.214. The van der Waals surface area contributed by atoms with Gasteiger partial charge in [0.1, 0.15) is 17.2 Å². The second kappa shape index (κ2) is 7.40. The van der Waals surface area contributed by atoms with Crippen LogP contribution in [0.1, 0.15) is 45.3 Å². The van der Waals surface area contributed by atoms with Gasteiger partial charge in [-0.05, 0) is 6.07 Å². The highest BCUT2D eigenvalue weighted by Crippen LogP contribution is 2.38. The molecule has 7 nitrogen and oxygen atoms in total. The highest BCUT2D eigenvalue weighted by Gasteiger charge is 2.44. The first kappa shape index (κ1) is 20.9. The molecular formula is C20H17F4N3O4. The summed E-state index contributed by atoms with van der Waals surface area (Å²) >= 11 is 0. The number of fused-ring (bicyclic) bond motifs is 4. The molecule has 2 aromatic rings. The third-order valence-corrected chi connectivity index (χ3v) is 5.51. The SMILES string of the molecule is O=C(NCc1ccc(F)cc1F)c1cn2c(c(O)c1=O)C(=O)N1CCC(F)(F)C[C@@H]2C1. The fourth-order valence-electron chi connectivity index (χ4n) is 3.89. The van der Waals surface area contributed by atoms with E-state index in [4.69, 9.17) is 0 Å². The van der Waals surface area contributed by atoms with Crippen molar-refractivity contribution in [3.05, 3.63) is 63.1 Å². The summed E-state index contributed by atoms with van der Waals surface area (Å²) in [7, 11) is 0. The zero-order valence-corrected chi connectivity index (χ0v) is 16.0. The van der Waals surface area contributed by atoms with E-state index in [9.17, 15) is 37.1 Å². The summed E-state index contributed by atoms with van der Waals surface area (Å²) in [5.41, 5.74) is -2.23. The van der Waals surface area contributed by atoms with Crippen LogP contribution in [0.2, 0.25) is 0 Å². The smallest absolute Gasteiger partial charge is 0.274 e. The number of nitrogens with zero attached hydrogens (tertiary/aromatic N) is 2. The van der Waals surface area contributed by atoms with Gasteiger partial charge in [0.2, 0.25) is 5.43 Å². The van der Waals surface area contributed by atoms with E-state index in [1.54, 1.807) is 0 Å². The molecular weight excluding hydrogens is 422 g/mol. The second-order valence-corrected chi connectivity index (χ2v) is 7.61. The minimum atomic E-state index is -3.07. The topological polar surface area (TPSA) is 91.6 Å². The molecule has 0 saturated carbocycles. The van der Waals surface area contributed by atoms with E-state index in [0.29, 0.717) is 6.07 Å². The van der Waals surface area contributed by atoms with Gasteiger partial charge in [-0.2, -0.15) is 0 Å². The lowest BCUT2D eigenvalue weighted by Crippen LogP contribution is -2.44. The Hall–Kier alpha value is -3.37. The van der Waals surface area contributed by atoms with Crippen molar-refractivity contribution in [1.82, 2.24) is 14.8 Å². The quantitative estimate of drug-likeness (QED) is 0.718. The average molecular weight is 439 g/mol. The van der Waals surface area contributed by atoms with Crippen LogP contribution < -0.4 is 10.7 Å². The molecule has 31 heavy (non-hydrogen) atoms. The lowest BCUT2D eigenvalue weighted by molar-refractivity contribution is -0.0202. The van der Waals surface area contributed by atoms with Gasteiger partial charge in [-0.1, -0.05) is 6.07 Å². The minimum absolute atomic E-state index is 0.0498. The Kier molecular flexibility index (Phi) is 4.98. The zero-order chi connectivity index (χ0) is 22.5. The number of aromatic hydroxyl groups is 1. The zero-order valence-electron chi connectivity index (χ0n) is 16.0. The number of pyridine rings is 1. The molecule has 2 N–H and O–H groups in total. The van der Waals surface area contributed by atoms with Crippen LogP contribution in [0.5, 0.6) is 5.75 Å². The van der Waals surface area contributed by atoms with Gasteiger partial charge >= 0.3 is 0 Å². The highest BCUT2D eigenvalue weighted by molar-refractivity contribution is 5.99. The number of rotatable bonds is 3. The Labute approximate surface area is 172 Å². The number of amides is 2. The lowest BCUT2D eigenvalue weighted by atomic mass is 10.0. The van der Waals surface area contributed by atoms with Crippen LogP contribution in [0.4, 0.5) is 17.6 Å². The van der Waals surface area contributed by atoms with E-state index in [-0.39, 0.29) is 25.2 Å². The summed E-state index contributed by atoms with van der Waals surface area (Å²) in [5.74, 6) is -7.56. The molecule has 4 rings (SSSR count). The monoisotopic (exact) mass is 439 g/mol. The van der Waals surface area contributed by atoms with Gasteiger partial charge in [0.25, 0.3) is 17.7 Å². The normalized spacial score (nSPS) is 19.5. The number of aromatic nitrogens is 1. The first-order valence-corrected chi connectivity index (χ1v) is 9.45. The van der Waals surface area contributed by atoms with Gasteiger partial charge in [0, 0.05) is 50.3 Å². The Morgan fingerprint density at radius 3 is 2.71 bits per heavy atom. The van der Waals surface area contributed by atoms with E-state index < -0.39 is 70.7 Å². The molecule has 0 spiro atoms. The molecule has 164 valence electrons. The van der Waals surface area contributed by atoms with Crippen molar-refractivity contribution in [3.63, 3.8) is 0 Å². The van der Waals surface area contributed by atoms with E-state index >= 15 is 0 Å². The molecule has 1 atom stereocenters. The van der Waals surface area contributed by atoms with Crippen molar-refractivity contribution in [2.75, 3.05) is 13.1 Å². The third-order valence-electron chi connectivity index (χ3n) is 5.51. The summed E-state index contributed by atoms with van der Waals surface area (Å²) < 4.78 is 56.0. The van der Waals surface area contributed by atoms with Crippen LogP contribution >= 0.6 is 0 Å². The average Bonchev–Trinajstić information content (AvgIpc) is 2.84. The summed E-state index contributed by atoms with van der Waals surface area (Å²) in [6, 6.07) is 1.79. The Bertz CT molecular complexity index is 1150. The summed E-state index contributed by atoms with van der Waals surface area (Å²) in [6.45, 7) is -0.659. The van der Waals surface area contributed by atoms with Crippen molar-refractivity contribution < 1.29 is 32.3 Å². The van der Waals surface area contributed by atoms with Crippen molar-refractivity contribution in [2.24, 2.45) is 0 Å². The molecule has 2 amide bonds. The molecule has 0 unspecified atom stereocenters. The number of halogens is 4. The molecule has 1 aromatic carbocycles. The number of carbonyl (C=O) groups excluding carboxylic acids is 2. The standard InChI is InChI=1S/C20H17F4N3O4/c21-11-2-1-10(14(22)5-11)7-25-18(30)13-9-27-12-6-20(23,24)3-4-26(8-12)19(31)15(27)17(29)16(13)28/h1-2,5,9,12,29H,3-4,6-8H2,(H,25,30)/t12-/m1/s1. The van der Waals surface area contributed by atoms with Crippen LogP contribution in [0.25, 0.3) is 0 Å². The highest BCUT2D eigenvalue weighted by atomic mass is 19.3. The summed E-state index contributed by atoms with van der Waals surface area (Å²) in [4.78, 5) is 38.8. The first-order chi connectivity index (χ1) is 14.6. The predicted molar refractivity (Wildman–Crippen MR) is 99.0 cm³/mol. The minimum Gasteiger partial charge on any atom is -0.503 e. The summed E-state index contributed by atoms with van der Waals surface area (Å²) in [5, 5.41) is 12.6. The van der Waals surface area contributed by atoms with Gasteiger partial charge in [0.05, 0.1) is 6.04 Å². The van der Waals surface area contributed by atoms with E-state index in [0.717, 1.165) is 27.8 Å². The van der Waals surface area contributed by atoms with Crippen molar-refractivity contribution in [2.45, 2.75) is 31.4 Å². The van der Waals surface area contributed by atoms with Crippen molar-refractivity contribution >= 4 is 11.8 Å². The first-order valence-electron chi connectivity index (χ1n) is 9.45. The number of hydrogen-bond acceptors (Lipinski definition) is 4. The molecule has 0 radical (unpaired) electrons. The number of carbonyl (C=O) groups is 2. The number of alkyl halides is 2. The maximum absolute atomic E-state index is 14.1. The molecule has 2 aliphatic rings. The van der Waals surface area contributed by atoms with Crippen LogP contribution in [0.15, 0.2) is 29.2 Å². The molecule has 1 fully saturated rings. The largest absolute Gasteiger partial charge is 0.503 e. The Balaban J connectivity index is 1.68. The van der Waals surface area contributed by atoms with Crippen LogP contribution in [-0.2, 0) is 6.54 Å². The van der Waals surface area contributed by atoms with E-state index in [2.05, 4.69) is 5.32 Å². The van der Waals surface area contributed by atoms with Crippen LogP contribution in [0, 0.1) is 11.6 Å².